The fourth-order valence-corrected chi connectivity index (χ4v) is 4.37. The van der Waals surface area contributed by atoms with E-state index in [9.17, 15) is 12.8 Å². The maximum absolute atomic E-state index is 13.1. The third kappa shape index (κ3) is 4.28. The smallest absolute Gasteiger partial charge is 0.237 e. The minimum atomic E-state index is -3.74. The number of pyridine rings is 1. The second-order valence-corrected chi connectivity index (χ2v) is 8.72. The molecule has 6 nitrogen and oxygen atoms in total. The van der Waals surface area contributed by atoms with Crippen molar-refractivity contribution in [2.24, 2.45) is 0 Å². The lowest BCUT2D eigenvalue weighted by molar-refractivity contribution is 0.417. The number of nitrogens with one attached hydrogen (secondary N) is 1. The van der Waals surface area contributed by atoms with Crippen LogP contribution >= 0.6 is 0 Å². The van der Waals surface area contributed by atoms with Gasteiger partial charge in [-0.05, 0) is 60.5 Å². The highest BCUT2D eigenvalue weighted by Crippen LogP contribution is 2.31. The van der Waals surface area contributed by atoms with Crippen molar-refractivity contribution in [2.75, 3.05) is 11.8 Å². The zero-order valence-electron chi connectivity index (χ0n) is 16.5. The van der Waals surface area contributed by atoms with Crippen LogP contribution in [0.15, 0.2) is 67.0 Å². The Balaban J connectivity index is 1.65. The van der Waals surface area contributed by atoms with Crippen LogP contribution in [0.25, 0.3) is 16.9 Å². The lowest BCUT2D eigenvalue weighted by atomic mass is 10.1. The van der Waals surface area contributed by atoms with E-state index in [1.165, 1.54) is 31.4 Å². The van der Waals surface area contributed by atoms with Crippen LogP contribution in [0.3, 0.4) is 0 Å². The van der Waals surface area contributed by atoms with E-state index in [0.29, 0.717) is 22.7 Å². The van der Waals surface area contributed by atoms with Crippen molar-refractivity contribution in [3.63, 3.8) is 0 Å². The van der Waals surface area contributed by atoms with Gasteiger partial charge in [0.2, 0.25) is 10.0 Å². The SMILES string of the molecule is COc1ccc(-c2cn3ccc(C)cc3n2)cc1NS(=O)(=O)Cc1ccc(F)cc1. The number of aryl methyl sites for hydroxylation is 1. The normalized spacial score (nSPS) is 11.6. The lowest BCUT2D eigenvalue weighted by Crippen LogP contribution is -2.15. The zero-order chi connectivity index (χ0) is 21.3. The first kappa shape index (κ1) is 19.9. The molecule has 0 aliphatic rings. The van der Waals surface area contributed by atoms with E-state index in [4.69, 9.17) is 4.74 Å². The second kappa shape index (κ2) is 7.79. The third-order valence-electron chi connectivity index (χ3n) is 4.65. The number of anilines is 1. The number of imidazole rings is 1. The highest BCUT2D eigenvalue weighted by Gasteiger charge is 2.16. The van der Waals surface area contributed by atoms with Gasteiger partial charge in [0, 0.05) is 18.0 Å². The van der Waals surface area contributed by atoms with E-state index in [0.717, 1.165) is 16.8 Å². The fourth-order valence-electron chi connectivity index (χ4n) is 3.17. The molecule has 30 heavy (non-hydrogen) atoms. The van der Waals surface area contributed by atoms with E-state index >= 15 is 0 Å². The first-order chi connectivity index (χ1) is 14.3. The van der Waals surface area contributed by atoms with Crippen LogP contribution in [0.4, 0.5) is 10.1 Å². The standard InChI is InChI=1S/C22H20FN3O3S/c1-15-9-10-26-13-20(24-22(26)11-15)17-5-8-21(29-2)19(12-17)25-30(27,28)14-16-3-6-18(23)7-4-16/h3-13,25H,14H2,1-2H3. The molecule has 0 saturated heterocycles. The van der Waals surface area contributed by atoms with Crippen LogP contribution in [0.5, 0.6) is 5.75 Å². The average molecular weight is 425 g/mol. The van der Waals surface area contributed by atoms with Crippen LogP contribution in [-0.4, -0.2) is 24.9 Å². The molecule has 8 heteroatoms. The predicted octanol–water partition coefficient (Wildman–Crippen LogP) is 4.40. The van der Waals surface area contributed by atoms with Gasteiger partial charge in [-0.3, -0.25) is 4.72 Å². The summed E-state index contributed by atoms with van der Waals surface area (Å²) in [6.07, 6.45) is 3.81. The Kier molecular flexibility index (Phi) is 5.17. The Bertz CT molecular complexity index is 1320. The Morgan fingerprint density at radius 2 is 1.87 bits per heavy atom. The summed E-state index contributed by atoms with van der Waals surface area (Å²) in [4.78, 5) is 4.62. The van der Waals surface area contributed by atoms with E-state index < -0.39 is 15.8 Å². The molecule has 0 saturated carbocycles. The summed E-state index contributed by atoms with van der Waals surface area (Å²) in [5.74, 6) is -0.309. The maximum Gasteiger partial charge on any atom is 0.237 e. The van der Waals surface area contributed by atoms with Crippen molar-refractivity contribution in [3.8, 4) is 17.0 Å². The molecule has 2 aromatic heterocycles. The molecule has 0 aliphatic heterocycles. The minimum Gasteiger partial charge on any atom is -0.495 e. The van der Waals surface area contributed by atoms with Crippen LogP contribution in [0.1, 0.15) is 11.1 Å². The number of fused-ring (bicyclic) bond motifs is 1. The number of sulfonamides is 1. The van der Waals surface area contributed by atoms with Crippen molar-refractivity contribution < 1.29 is 17.5 Å². The molecule has 0 bridgehead atoms. The molecular weight excluding hydrogens is 405 g/mol. The number of hydrogen-bond acceptors (Lipinski definition) is 4. The van der Waals surface area contributed by atoms with E-state index in [1.54, 1.807) is 12.1 Å². The van der Waals surface area contributed by atoms with Crippen molar-refractivity contribution >= 4 is 21.4 Å². The quantitative estimate of drug-likeness (QED) is 0.497. The third-order valence-corrected chi connectivity index (χ3v) is 5.89. The van der Waals surface area contributed by atoms with Gasteiger partial charge in [-0.15, -0.1) is 0 Å². The fraction of sp³-hybridized carbons (Fsp3) is 0.136. The van der Waals surface area contributed by atoms with Crippen molar-refractivity contribution in [1.29, 1.82) is 0 Å². The molecule has 0 amide bonds. The Morgan fingerprint density at radius 3 is 2.60 bits per heavy atom. The van der Waals surface area contributed by atoms with Crippen molar-refractivity contribution in [2.45, 2.75) is 12.7 Å². The summed E-state index contributed by atoms with van der Waals surface area (Å²) in [6, 6.07) is 14.5. The summed E-state index contributed by atoms with van der Waals surface area (Å²) < 4.78 is 48.2. The number of rotatable bonds is 6. The first-order valence-corrected chi connectivity index (χ1v) is 10.9. The Morgan fingerprint density at radius 1 is 1.10 bits per heavy atom. The number of benzene rings is 2. The molecule has 0 radical (unpaired) electrons. The largest absolute Gasteiger partial charge is 0.495 e. The summed E-state index contributed by atoms with van der Waals surface area (Å²) >= 11 is 0. The number of ether oxygens (including phenoxy) is 1. The molecular formula is C22H20FN3O3S. The molecule has 0 fully saturated rings. The van der Waals surface area contributed by atoms with Gasteiger partial charge in [0.25, 0.3) is 0 Å². The maximum atomic E-state index is 13.1. The van der Waals surface area contributed by atoms with Crippen molar-refractivity contribution in [3.05, 3.63) is 83.9 Å². The molecule has 4 rings (SSSR count). The monoisotopic (exact) mass is 425 g/mol. The van der Waals surface area contributed by atoms with Gasteiger partial charge in [-0.1, -0.05) is 12.1 Å². The molecule has 0 spiro atoms. The van der Waals surface area contributed by atoms with E-state index in [-0.39, 0.29) is 5.75 Å². The van der Waals surface area contributed by atoms with Gasteiger partial charge in [-0.25, -0.2) is 17.8 Å². The molecule has 1 N–H and O–H groups in total. The van der Waals surface area contributed by atoms with Crippen molar-refractivity contribution in [1.82, 2.24) is 9.38 Å². The molecule has 154 valence electrons. The van der Waals surface area contributed by atoms with Crippen LogP contribution in [-0.2, 0) is 15.8 Å². The predicted molar refractivity (Wildman–Crippen MR) is 115 cm³/mol. The van der Waals surface area contributed by atoms with Gasteiger partial charge >= 0.3 is 0 Å². The Labute approximate surface area is 174 Å². The number of methoxy groups -OCH3 is 1. The highest BCUT2D eigenvalue weighted by molar-refractivity contribution is 7.91. The van der Waals surface area contributed by atoms with Gasteiger partial charge in [0.1, 0.15) is 17.2 Å². The van der Waals surface area contributed by atoms with Crippen LogP contribution in [0.2, 0.25) is 0 Å². The molecule has 2 heterocycles. The number of nitrogens with zero attached hydrogens (tertiary/aromatic N) is 2. The van der Waals surface area contributed by atoms with Crippen LogP contribution < -0.4 is 9.46 Å². The Hall–Kier alpha value is -3.39. The molecule has 0 aliphatic carbocycles. The van der Waals surface area contributed by atoms with Gasteiger partial charge < -0.3 is 9.14 Å². The van der Waals surface area contributed by atoms with Gasteiger partial charge in [-0.2, -0.15) is 0 Å². The van der Waals surface area contributed by atoms with Gasteiger partial charge in [0.05, 0.1) is 24.2 Å². The number of hydrogen-bond donors (Lipinski definition) is 1. The lowest BCUT2D eigenvalue weighted by Gasteiger charge is -2.13. The molecule has 0 atom stereocenters. The zero-order valence-corrected chi connectivity index (χ0v) is 17.3. The number of aromatic nitrogens is 2. The topological polar surface area (TPSA) is 72.7 Å². The highest BCUT2D eigenvalue weighted by atomic mass is 32.2. The first-order valence-electron chi connectivity index (χ1n) is 9.22. The molecule has 4 aromatic rings. The van der Waals surface area contributed by atoms with E-state index in [1.807, 2.05) is 41.9 Å². The van der Waals surface area contributed by atoms with E-state index in [2.05, 4.69) is 9.71 Å². The average Bonchev–Trinajstić information content (AvgIpc) is 3.12. The minimum absolute atomic E-state index is 0.283. The molecule has 0 unspecified atom stereocenters. The van der Waals surface area contributed by atoms with Crippen LogP contribution in [0, 0.1) is 12.7 Å². The number of halogens is 1. The summed E-state index contributed by atoms with van der Waals surface area (Å²) in [5.41, 5.74) is 4.15. The summed E-state index contributed by atoms with van der Waals surface area (Å²) in [5, 5.41) is 0. The summed E-state index contributed by atoms with van der Waals surface area (Å²) in [6.45, 7) is 2.00. The molecule has 2 aromatic carbocycles. The second-order valence-electron chi connectivity index (χ2n) is 7.00. The summed E-state index contributed by atoms with van der Waals surface area (Å²) in [7, 11) is -2.27. The van der Waals surface area contributed by atoms with Gasteiger partial charge in [0.15, 0.2) is 0 Å².